The minimum atomic E-state index is -0.787. The van der Waals surface area contributed by atoms with Crippen molar-refractivity contribution < 1.29 is 9.90 Å². The summed E-state index contributed by atoms with van der Waals surface area (Å²) in [4.78, 5) is 10.6. The molecule has 6 heteroatoms. The van der Waals surface area contributed by atoms with Gasteiger partial charge in [0.1, 0.15) is 5.54 Å². The van der Waals surface area contributed by atoms with Crippen molar-refractivity contribution in [3.05, 3.63) is 29.8 Å². The molecule has 0 amide bonds. The van der Waals surface area contributed by atoms with Gasteiger partial charge in [-0.3, -0.25) is 4.79 Å². The molecule has 1 aromatic carbocycles. The highest BCUT2D eigenvalue weighted by Gasteiger charge is 2.47. The van der Waals surface area contributed by atoms with E-state index in [0.717, 1.165) is 11.3 Å². The molecule has 6 nitrogen and oxygen atoms in total. The average Bonchev–Trinajstić information content (AvgIpc) is 2.87. The monoisotopic (exact) mass is 275 g/mol. The van der Waals surface area contributed by atoms with Gasteiger partial charge in [0.05, 0.1) is 5.22 Å². The van der Waals surface area contributed by atoms with Crippen molar-refractivity contribution in [1.82, 2.24) is 4.70 Å². The molecule has 0 fully saturated rings. The first-order chi connectivity index (χ1) is 9.35. The van der Waals surface area contributed by atoms with E-state index in [1.54, 1.807) is 0 Å². The summed E-state index contributed by atoms with van der Waals surface area (Å²) >= 11 is 0. The molecule has 0 spiro atoms. The lowest BCUT2D eigenvalue weighted by atomic mass is 10.0. The van der Waals surface area contributed by atoms with Crippen LogP contribution >= 0.6 is 0 Å². The Balaban J connectivity index is 2.27. The van der Waals surface area contributed by atoms with E-state index in [9.17, 15) is 4.79 Å². The molecule has 1 N–H and O–H groups in total. The van der Waals surface area contributed by atoms with Gasteiger partial charge in [0.25, 0.3) is 0 Å². The van der Waals surface area contributed by atoms with Gasteiger partial charge >= 0.3 is 5.97 Å². The summed E-state index contributed by atoms with van der Waals surface area (Å²) in [5.41, 5.74) is 1.65. The molecule has 0 saturated heterocycles. The molecule has 0 bridgehead atoms. The zero-order chi connectivity index (χ0) is 14.8. The van der Waals surface area contributed by atoms with Crippen LogP contribution in [0.1, 0.15) is 32.8 Å². The Kier molecular flexibility index (Phi) is 3.67. The number of hydrogen-bond acceptors (Lipinski definition) is 4. The van der Waals surface area contributed by atoms with Crippen molar-refractivity contribution in [2.24, 2.45) is 15.4 Å². The third-order valence-electron chi connectivity index (χ3n) is 3.31. The maximum atomic E-state index is 10.6. The molecule has 0 radical (unpaired) electrons. The summed E-state index contributed by atoms with van der Waals surface area (Å²) in [6.07, 6.45) is 2.12. The lowest BCUT2D eigenvalue weighted by Crippen LogP contribution is -2.52. The number of aryl methyl sites for hydroxylation is 1. The third kappa shape index (κ3) is 2.60. The topological polar surface area (TPSA) is 74.4 Å². The minimum absolute atomic E-state index is 0.0756. The number of quaternary nitrogens is 1. The van der Waals surface area contributed by atoms with Gasteiger partial charge in [-0.15, -0.1) is 0 Å². The molecular formula is C14H19N4O2+. The third-order valence-corrected chi connectivity index (χ3v) is 3.31. The Labute approximate surface area is 118 Å². The molecule has 2 rings (SSSR count). The number of nitrogens with zero attached hydrogens (tertiary/aromatic N) is 4. The predicted molar refractivity (Wildman–Crippen MR) is 77.3 cm³/mol. The van der Waals surface area contributed by atoms with Crippen LogP contribution in [0.4, 0.5) is 5.69 Å². The van der Waals surface area contributed by atoms with Crippen molar-refractivity contribution in [2.75, 3.05) is 0 Å². The predicted octanol–water partition coefficient (Wildman–Crippen LogP) is 3.13. The standard InChI is InChI=1S/C14H18N4O2/c1-14(2,3)18(16-10-15-17-18)12-7-4-11(5-8-12)6-9-13(19)20/h4-5,7-8,10H,6,9H2,1-3H3/p+1. The number of aliphatic carboxylic acids is 1. The molecule has 1 aliphatic rings. The average molecular weight is 275 g/mol. The molecule has 1 heterocycles. The highest BCUT2D eigenvalue weighted by atomic mass is 16.4. The van der Waals surface area contributed by atoms with E-state index in [1.807, 2.05) is 45.0 Å². The Morgan fingerprint density at radius 3 is 2.35 bits per heavy atom. The van der Waals surface area contributed by atoms with Crippen molar-refractivity contribution in [2.45, 2.75) is 39.2 Å². The largest absolute Gasteiger partial charge is 0.481 e. The fourth-order valence-corrected chi connectivity index (χ4v) is 2.15. The van der Waals surface area contributed by atoms with Gasteiger partial charge in [-0.1, -0.05) is 17.2 Å². The van der Waals surface area contributed by atoms with E-state index in [4.69, 9.17) is 5.11 Å². The molecule has 1 aliphatic heterocycles. The van der Waals surface area contributed by atoms with E-state index in [-0.39, 0.29) is 16.7 Å². The maximum Gasteiger partial charge on any atom is 0.303 e. The number of benzene rings is 1. The zero-order valence-electron chi connectivity index (χ0n) is 11.9. The summed E-state index contributed by atoms with van der Waals surface area (Å²) in [7, 11) is 0. The van der Waals surface area contributed by atoms with Crippen LogP contribution in [-0.4, -0.2) is 23.0 Å². The number of hydrogen-bond donors (Lipinski definition) is 1. The summed E-state index contributed by atoms with van der Waals surface area (Å²) in [5, 5.41) is 21.2. The SMILES string of the molecule is CC(C)(C)[N+]1(c2ccc(CCC(=O)O)cc2)N=CN=N1. The Morgan fingerprint density at radius 1 is 1.25 bits per heavy atom. The van der Waals surface area contributed by atoms with Gasteiger partial charge in [-0.25, -0.2) is 0 Å². The maximum absolute atomic E-state index is 10.6. The number of carbonyl (C=O) groups is 1. The molecule has 0 aliphatic carbocycles. The molecule has 0 aromatic heterocycles. The van der Waals surface area contributed by atoms with Crippen LogP contribution in [0.3, 0.4) is 0 Å². The molecule has 1 aromatic rings. The second-order valence-corrected chi connectivity index (χ2v) is 5.77. The van der Waals surface area contributed by atoms with Gasteiger partial charge in [-0.05, 0) is 42.6 Å². The Bertz CT molecular complexity index is 544. The lowest BCUT2D eigenvalue weighted by Gasteiger charge is -2.33. The lowest BCUT2D eigenvalue weighted by molar-refractivity contribution is -0.136. The zero-order valence-corrected chi connectivity index (χ0v) is 11.9. The molecule has 1 unspecified atom stereocenters. The van der Waals surface area contributed by atoms with Crippen molar-refractivity contribution in [1.29, 1.82) is 0 Å². The summed E-state index contributed by atoms with van der Waals surface area (Å²) in [5.74, 6) is -0.787. The van der Waals surface area contributed by atoms with E-state index in [0.29, 0.717) is 6.42 Å². The van der Waals surface area contributed by atoms with Gasteiger partial charge in [0.15, 0.2) is 5.69 Å². The fraction of sp³-hybridized carbons (Fsp3) is 0.429. The quantitative estimate of drug-likeness (QED) is 0.857. The summed E-state index contributed by atoms with van der Waals surface area (Å²) < 4.78 is 0.0756. The van der Waals surface area contributed by atoms with Gasteiger partial charge in [0, 0.05) is 18.6 Å². The smallest absolute Gasteiger partial charge is 0.303 e. The van der Waals surface area contributed by atoms with Crippen LogP contribution in [-0.2, 0) is 11.2 Å². The molecule has 106 valence electrons. The van der Waals surface area contributed by atoms with Crippen LogP contribution < -0.4 is 4.70 Å². The summed E-state index contributed by atoms with van der Waals surface area (Å²) in [6.45, 7) is 6.15. The molecule has 20 heavy (non-hydrogen) atoms. The van der Waals surface area contributed by atoms with Gasteiger partial charge in [-0.2, -0.15) is 0 Å². The minimum Gasteiger partial charge on any atom is -0.481 e. The fourth-order valence-electron chi connectivity index (χ4n) is 2.15. The van der Waals surface area contributed by atoms with E-state index in [2.05, 4.69) is 15.4 Å². The molecule has 1 atom stereocenters. The highest BCUT2D eigenvalue weighted by Crippen LogP contribution is 2.36. The Hall–Kier alpha value is -2.08. The second kappa shape index (κ2) is 5.13. The second-order valence-electron chi connectivity index (χ2n) is 5.77. The van der Waals surface area contributed by atoms with Crippen LogP contribution in [0, 0.1) is 0 Å². The Morgan fingerprint density at radius 2 is 1.90 bits per heavy atom. The van der Waals surface area contributed by atoms with Gasteiger partial charge in [0.2, 0.25) is 6.34 Å². The van der Waals surface area contributed by atoms with E-state index < -0.39 is 5.97 Å². The van der Waals surface area contributed by atoms with Crippen molar-refractivity contribution in [3.8, 4) is 0 Å². The molecular weight excluding hydrogens is 256 g/mol. The van der Waals surface area contributed by atoms with Crippen LogP contribution in [0.2, 0.25) is 0 Å². The van der Waals surface area contributed by atoms with E-state index >= 15 is 0 Å². The first-order valence-electron chi connectivity index (χ1n) is 6.52. The first-order valence-corrected chi connectivity index (χ1v) is 6.52. The van der Waals surface area contributed by atoms with Crippen molar-refractivity contribution in [3.63, 3.8) is 0 Å². The number of carboxylic acid groups (broad SMARTS) is 1. The normalized spacial score (nSPS) is 21.4. The van der Waals surface area contributed by atoms with Crippen molar-refractivity contribution >= 4 is 18.0 Å². The number of carboxylic acids is 1. The summed E-state index contributed by atoms with van der Waals surface area (Å²) in [6, 6.07) is 7.72. The van der Waals surface area contributed by atoms with E-state index in [1.165, 1.54) is 6.34 Å². The van der Waals surface area contributed by atoms with Crippen LogP contribution in [0.15, 0.2) is 39.7 Å². The van der Waals surface area contributed by atoms with Gasteiger partial charge < -0.3 is 5.11 Å². The number of rotatable bonds is 4. The van der Waals surface area contributed by atoms with Crippen LogP contribution in [0.25, 0.3) is 0 Å². The highest BCUT2D eigenvalue weighted by molar-refractivity contribution is 5.67. The first kappa shape index (κ1) is 14.3. The molecule has 0 saturated carbocycles. The van der Waals surface area contributed by atoms with Crippen LogP contribution in [0.5, 0.6) is 0 Å².